The first-order valence-electron chi connectivity index (χ1n) is 12.7. The molecule has 0 saturated carbocycles. The van der Waals surface area contributed by atoms with E-state index < -0.39 is 12.1 Å². The first-order valence-corrected chi connectivity index (χ1v) is 12.7. The molecule has 0 aliphatic rings. The van der Waals surface area contributed by atoms with Crippen LogP contribution in [0.1, 0.15) is 94.5 Å². The Kier molecular flexibility index (Phi) is 9.98. The fraction of sp³-hybridized carbons (Fsp3) is 0.516. The maximum absolute atomic E-state index is 10.7. The smallest absolute Gasteiger partial charge is 0.303 e. The number of aliphatic carboxylic acids is 1. The third-order valence-electron chi connectivity index (χ3n) is 6.92. The van der Waals surface area contributed by atoms with Crippen molar-refractivity contribution in [3.8, 4) is 17.6 Å². The average Bonchev–Trinajstić information content (AvgIpc) is 2.79. The molecule has 0 bridgehead atoms. The van der Waals surface area contributed by atoms with Crippen LogP contribution in [0.25, 0.3) is 0 Å². The number of aliphatic hydroxyl groups is 1. The van der Waals surface area contributed by atoms with Crippen LogP contribution in [-0.4, -0.2) is 28.9 Å². The van der Waals surface area contributed by atoms with Gasteiger partial charge in [-0.05, 0) is 79.3 Å². The zero-order valence-corrected chi connectivity index (χ0v) is 22.5. The Morgan fingerprint density at radius 3 is 2.09 bits per heavy atom. The molecule has 4 nitrogen and oxygen atoms in total. The van der Waals surface area contributed by atoms with E-state index in [2.05, 4.69) is 69.9 Å². The van der Waals surface area contributed by atoms with Gasteiger partial charge in [-0.1, -0.05) is 70.7 Å². The quantitative estimate of drug-likeness (QED) is 0.291. The van der Waals surface area contributed by atoms with Crippen LogP contribution in [-0.2, 0) is 10.2 Å². The van der Waals surface area contributed by atoms with Crippen molar-refractivity contribution in [2.75, 3.05) is 6.61 Å². The van der Waals surface area contributed by atoms with Crippen molar-refractivity contribution < 1.29 is 19.7 Å². The molecule has 0 heterocycles. The summed E-state index contributed by atoms with van der Waals surface area (Å²) in [6, 6.07) is 12.9. The predicted octanol–water partition coefficient (Wildman–Crippen LogP) is 6.80. The molecule has 4 heteroatoms. The van der Waals surface area contributed by atoms with E-state index in [0.29, 0.717) is 13.0 Å². The number of carboxylic acids is 1. The Labute approximate surface area is 211 Å². The van der Waals surface area contributed by atoms with Gasteiger partial charge in [0.1, 0.15) is 11.9 Å². The maximum Gasteiger partial charge on any atom is 0.303 e. The molecule has 0 aliphatic carbocycles. The summed E-state index contributed by atoms with van der Waals surface area (Å²) in [6.45, 7) is 15.1. The number of rotatable bonds is 10. The van der Waals surface area contributed by atoms with Crippen LogP contribution < -0.4 is 4.74 Å². The Morgan fingerprint density at radius 1 is 0.971 bits per heavy atom. The summed E-state index contributed by atoms with van der Waals surface area (Å²) in [6.07, 6.45) is 2.78. The number of carboxylic acid groups (broad SMARTS) is 1. The summed E-state index contributed by atoms with van der Waals surface area (Å²) in [4.78, 5) is 10.7. The van der Waals surface area contributed by atoms with E-state index in [0.717, 1.165) is 41.7 Å². The Balaban J connectivity index is 2.29. The Morgan fingerprint density at radius 2 is 1.57 bits per heavy atom. The number of aryl methyl sites for hydroxylation is 2. The molecular weight excluding hydrogens is 436 g/mol. The van der Waals surface area contributed by atoms with Crippen molar-refractivity contribution in [3.05, 3.63) is 64.2 Å². The highest BCUT2D eigenvalue weighted by atomic mass is 16.5. The molecule has 1 atom stereocenters. The fourth-order valence-electron chi connectivity index (χ4n) is 4.37. The molecule has 2 rings (SSSR count). The lowest BCUT2D eigenvalue weighted by molar-refractivity contribution is -0.137. The highest BCUT2D eigenvalue weighted by Gasteiger charge is 2.31. The molecule has 2 aromatic carbocycles. The molecule has 0 amide bonds. The second-order valence-corrected chi connectivity index (χ2v) is 10.5. The summed E-state index contributed by atoms with van der Waals surface area (Å²) < 4.78 is 5.94. The third-order valence-corrected chi connectivity index (χ3v) is 6.92. The van der Waals surface area contributed by atoms with Crippen molar-refractivity contribution in [1.29, 1.82) is 0 Å². The van der Waals surface area contributed by atoms with Gasteiger partial charge in [-0.25, -0.2) is 0 Å². The number of unbranched alkanes of at least 4 members (excludes halogenated alkanes) is 1. The Hall–Kier alpha value is -2.77. The van der Waals surface area contributed by atoms with Crippen LogP contribution in [0, 0.1) is 31.1 Å². The van der Waals surface area contributed by atoms with Crippen LogP contribution in [0.4, 0.5) is 0 Å². The van der Waals surface area contributed by atoms with Gasteiger partial charge < -0.3 is 14.9 Å². The van der Waals surface area contributed by atoms with E-state index in [1.54, 1.807) is 0 Å². The zero-order chi connectivity index (χ0) is 26.2. The van der Waals surface area contributed by atoms with Crippen molar-refractivity contribution in [1.82, 2.24) is 0 Å². The predicted molar refractivity (Wildman–Crippen MR) is 143 cm³/mol. The first-order chi connectivity index (χ1) is 16.4. The lowest BCUT2D eigenvalue weighted by atomic mass is 9.70. The van der Waals surface area contributed by atoms with E-state index in [1.807, 2.05) is 26.8 Å². The summed E-state index contributed by atoms with van der Waals surface area (Å²) in [5.74, 6) is 6.27. The second kappa shape index (κ2) is 12.3. The van der Waals surface area contributed by atoms with E-state index in [9.17, 15) is 9.90 Å². The van der Waals surface area contributed by atoms with Crippen molar-refractivity contribution in [3.63, 3.8) is 0 Å². The minimum absolute atomic E-state index is 0.119. The van der Waals surface area contributed by atoms with E-state index in [1.165, 1.54) is 11.1 Å². The molecule has 0 aliphatic heterocycles. The highest BCUT2D eigenvalue weighted by molar-refractivity contribution is 5.66. The van der Waals surface area contributed by atoms with Gasteiger partial charge in [0.25, 0.3) is 0 Å². The lowest BCUT2D eigenvalue weighted by Crippen LogP contribution is -2.26. The monoisotopic (exact) mass is 478 g/mol. The SMILES string of the molecule is CCC(CC)(c1ccc(C#CC(O)C(C)(C)C)c(C)c1)c1ccc(OCCCCC(=O)O)c(C)c1. The molecular formula is C31H42O4. The van der Waals surface area contributed by atoms with Gasteiger partial charge >= 0.3 is 5.97 Å². The largest absolute Gasteiger partial charge is 0.493 e. The van der Waals surface area contributed by atoms with Crippen LogP contribution in [0.2, 0.25) is 0 Å². The second-order valence-electron chi connectivity index (χ2n) is 10.5. The van der Waals surface area contributed by atoms with Gasteiger partial charge in [-0.3, -0.25) is 4.79 Å². The molecule has 0 spiro atoms. The van der Waals surface area contributed by atoms with Gasteiger partial charge in [-0.15, -0.1) is 0 Å². The van der Waals surface area contributed by atoms with E-state index >= 15 is 0 Å². The van der Waals surface area contributed by atoms with Crippen molar-refractivity contribution >= 4 is 5.97 Å². The lowest BCUT2D eigenvalue weighted by Gasteiger charge is -2.34. The van der Waals surface area contributed by atoms with Crippen LogP contribution in [0.5, 0.6) is 5.75 Å². The molecule has 0 saturated heterocycles. The summed E-state index contributed by atoms with van der Waals surface area (Å²) in [7, 11) is 0. The zero-order valence-electron chi connectivity index (χ0n) is 22.5. The van der Waals surface area contributed by atoms with Crippen LogP contribution >= 0.6 is 0 Å². The van der Waals surface area contributed by atoms with Crippen molar-refractivity contribution in [2.45, 2.75) is 92.1 Å². The summed E-state index contributed by atoms with van der Waals surface area (Å²) >= 11 is 0. The minimum atomic E-state index is -0.765. The number of aliphatic hydroxyl groups excluding tert-OH is 1. The van der Waals surface area contributed by atoms with Gasteiger partial charge in [0, 0.05) is 17.4 Å². The molecule has 0 fully saturated rings. The van der Waals surface area contributed by atoms with Gasteiger partial charge in [-0.2, -0.15) is 0 Å². The summed E-state index contributed by atoms with van der Waals surface area (Å²) in [5, 5.41) is 19.1. The van der Waals surface area contributed by atoms with Gasteiger partial charge in [0.05, 0.1) is 6.61 Å². The van der Waals surface area contributed by atoms with Crippen LogP contribution in [0.3, 0.4) is 0 Å². The number of hydrogen-bond acceptors (Lipinski definition) is 3. The molecule has 2 aromatic rings. The molecule has 190 valence electrons. The standard InChI is InChI=1S/C31H42O4/c1-8-31(9-2,25-15-13-24(22(3)20-25)14-18-28(32)30(5,6)7)26-16-17-27(23(4)21-26)35-19-11-10-12-29(33)34/h13,15-17,20-21,28,32H,8-12,19H2,1-7H3,(H,33,34). The molecule has 0 aromatic heterocycles. The van der Waals surface area contributed by atoms with E-state index in [-0.39, 0.29) is 17.3 Å². The van der Waals surface area contributed by atoms with Crippen molar-refractivity contribution in [2.24, 2.45) is 5.41 Å². The minimum Gasteiger partial charge on any atom is -0.493 e. The molecule has 35 heavy (non-hydrogen) atoms. The number of benzene rings is 2. The summed E-state index contributed by atoms with van der Waals surface area (Å²) in [5.41, 5.74) is 5.28. The maximum atomic E-state index is 10.7. The Bertz CT molecular complexity index is 1060. The highest BCUT2D eigenvalue weighted by Crippen LogP contribution is 2.41. The molecule has 1 unspecified atom stereocenters. The number of ether oxygens (including phenoxy) is 1. The average molecular weight is 479 g/mol. The van der Waals surface area contributed by atoms with E-state index in [4.69, 9.17) is 9.84 Å². The number of carbonyl (C=O) groups is 1. The van der Waals surface area contributed by atoms with Gasteiger partial charge in [0.15, 0.2) is 0 Å². The topological polar surface area (TPSA) is 66.8 Å². The molecule has 0 radical (unpaired) electrons. The fourth-order valence-corrected chi connectivity index (χ4v) is 4.37. The third kappa shape index (κ3) is 7.36. The normalized spacial score (nSPS) is 12.6. The van der Waals surface area contributed by atoms with Crippen LogP contribution in [0.15, 0.2) is 36.4 Å². The molecule has 2 N–H and O–H groups in total. The number of hydrogen-bond donors (Lipinski definition) is 2. The first kappa shape index (κ1) is 28.5. The van der Waals surface area contributed by atoms with Gasteiger partial charge in [0.2, 0.25) is 0 Å².